The first-order valence-electron chi connectivity index (χ1n) is 20.6. The number of carbonyl (C=O) groups is 2. The minimum atomic E-state index is -1.78. The maximum Gasteiger partial charge on any atom is 0.347 e. The lowest BCUT2D eigenvalue weighted by Crippen LogP contribution is -2.53. The third-order valence-electron chi connectivity index (χ3n) is 13.0. The molecule has 4 atom stereocenters. The van der Waals surface area contributed by atoms with Crippen molar-refractivity contribution in [2.75, 3.05) is 41.0 Å². The van der Waals surface area contributed by atoms with E-state index in [9.17, 15) is 19.5 Å². The second-order valence-corrected chi connectivity index (χ2v) is 16.9. The van der Waals surface area contributed by atoms with Crippen LogP contribution in [0.4, 0.5) is 5.69 Å². The van der Waals surface area contributed by atoms with Crippen LogP contribution in [0.15, 0.2) is 92.8 Å². The zero-order valence-electron chi connectivity index (χ0n) is 36.5. The molecule has 0 spiro atoms. The summed E-state index contributed by atoms with van der Waals surface area (Å²) in [5, 5.41) is 12.3. The van der Waals surface area contributed by atoms with Crippen LogP contribution in [0.3, 0.4) is 0 Å². The van der Waals surface area contributed by atoms with Crippen LogP contribution in [0.2, 0.25) is 10.0 Å². The van der Waals surface area contributed by atoms with Gasteiger partial charge in [0.25, 0.3) is 17.4 Å². The highest BCUT2D eigenvalue weighted by Crippen LogP contribution is 2.64. The van der Waals surface area contributed by atoms with Crippen molar-refractivity contribution in [3.05, 3.63) is 137 Å². The Balaban J connectivity index is 1.22. The lowest BCUT2D eigenvalue weighted by molar-refractivity contribution is -0.138. The van der Waals surface area contributed by atoms with E-state index in [1.165, 1.54) is 73.7 Å². The molecule has 2 aromatic heterocycles. The molecule has 4 unspecified atom stereocenters. The third-order valence-corrected chi connectivity index (χ3v) is 13.5. The molecule has 66 heavy (non-hydrogen) atoms. The number of fused-ring (bicyclic) bond motifs is 5. The number of carbonyl (C=O) groups excluding carboxylic acids is 2. The Bertz CT molecular complexity index is 3190. The van der Waals surface area contributed by atoms with Gasteiger partial charge >= 0.3 is 11.4 Å². The number of imide groups is 1. The molecular weight excluding hydrogens is 897 g/mol. The van der Waals surface area contributed by atoms with E-state index in [0.717, 1.165) is 9.58 Å². The molecule has 0 bridgehead atoms. The number of methoxy groups -OCH3 is 5. The maximum absolute atomic E-state index is 15.7. The lowest BCUT2D eigenvalue weighted by atomic mass is 9.53. The molecule has 9 rings (SSSR count). The number of halogens is 2. The van der Waals surface area contributed by atoms with Gasteiger partial charge in [-0.25, -0.2) is 28.5 Å². The number of aromatic nitrogens is 5. The van der Waals surface area contributed by atoms with E-state index in [2.05, 4.69) is 10.4 Å². The molecule has 0 radical (unpaired) electrons. The molecule has 4 heterocycles. The average Bonchev–Trinajstić information content (AvgIpc) is 3.69. The van der Waals surface area contributed by atoms with Gasteiger partial charge in [0, 0.05) is 60.8 Å². The van der Waals surface area contributed by atoms with Gasteiger partial charge in [-0.3, -0.25) is 19.8 Å². The molecule has 1 saturated heterocycles. The molecule has 2 N–H and O–H groups in total. The van der Waals surface area contributed by atoms with E-state index in [0.29, 0.717) is 50.0 Å². The van der Waals surface area contributed by atoms with E-state index in [1.807, 2.05) is 0 Å². The molecule has 20 heteroatoms. The largest absolute Gasteiger partial charge is 0.508 e. The van der Waals surface area contributed by atoms with Crippen molar-refractivity contribution in [2.24, 2.45) is 13.0 Å². The van der Waals surface area contributed by atoms with Crippen molar-refractivity contribution in [3.63, 3.8) is 0 Å². The lowest BCUT2D eigenvalue weighted by Gasteiger charge is -2.49. The predicted molar refractivity (Wildman–Crippen MR) is 243 cm³/mol. The zero-order chi connectivity index (χ0) is 46.9. The monoisotopic (exact) mass is 939 g/mol. The van der Waals surface area contributed by atoms with Crippen LogP contribution >= 0.6 is 23.2 Å². The molecule has 1 aliphatic carbocycles. The van der Waals surface area contributed by atoms with Crippen LogP contribution in [-0.4, -0.2) is 81.0 Å². The van der Waals surface area contributed by atoms with Gasteiger partial charge in [0.2, 0.25) is 0 Å². The number of rotatable bonds is 12. The highest BCUT2D eigenvalue weighted by Gasteiger charge is 2.69. The SMILES string of the molecule is COc1ccc(C23C(=O)N(Nc4ccc(Cl)cc4Cl)C(=O)C2CC2C(=CCn4c(=O)n(CCc5nc6cc(OC)c(OC)cc6n(C)c5=O)c(=O)n42)C3c2c(OC)cc(O)cc2OC)cc1. The quantitative estimate of drug-likeness (QED) is 0.123. The summed E-state index contributed by atoms with van der Waals surface area (Å²) in [6, 6.07) is 16.4. The molecule has 1 saturated carbocycles. The fraction of sp³-hybridized carbons (Fsp3) is 0.304. The highest BCUT2D eigenvalue weighted by molar-refractivity contribution is 6.36. The number of ether oxygens (including phenoxy) is 5. The molecule has 2 aliphatic heterocycles. The molecule has 4 aromatic carbocycles. The number of phenolic OH excluding ortho intramolecular Hbond substituents is 1. The van der Waals surface area contributed by atoms with E-state index < -0.39 is 52.0 Å². The van der Waals surface area contributed by atoms with E-state index in [-0.39, 0.29) is 59.6 Å². The molecule has 342 valence electrons. The Morgan fingerprint density at radius 2 is 1.48 bits per heavy atom. The number of amides is 2. The molecule has 6 aromatic rings. The summed E-state index contributed by atoms with van der Waals surface area (Å²) >= 11 is 12.8. The van der Waals surface area contributed by atoms with Crippen molar-refractivity contribution >= 4 is 51.7 Å². The Morgan fingerprint density at radius 3 is 2.12 bits per heavy atom. The van der Waals surface area contributed by atoms with Crippen molar-refractivity contribution in [2.45, 2.75) is 43.3 Å². The minimum absolute atomic E-state index is 0.0876. The molecule has 3 aliphatic rings. The Kier molecular flexibility index (Phi) is 11.1. The zero-order valence-corrected chi connectivity index (χ0v) is 38.0. The number of nitrogens with one attached hydrogen (secondary N) is 1. The van der Waals surface area contributed by atoms with Crippen LogP contribution in [0.1, 0.15) is 35.2 Å². The van der Waals surface area contributed by atoms with Crippen LogP contribution in [0, 0.1) is 5.92 Å². The normalized spacial score (nSPS) is 19.8. The van der Waals surface area contributed by atoms with Crippen molar-refractivity contribution in [1.29, 1.82) is 0 Å². The van der Waals surface area contributed by atoms with Crippen LogP contribution in [-0.2, 0) is 41.6 Å². The first kappa shape index (κ1) is 44.0. The van der Waals surface area contributed by atoms with Gasteiger partial charge in [0.1, 0.15) is 28.7 Å². The number of phenols is 1. The van der Waals surface area contributed by atoms with Crippen LogP contribution in [0.5, 0.6) is 34.5 Å². The summed E-state index contributed by atoms with van der Waals surface area (Å²) in [6.45, 7) is -0.329. The summed E-state index contributed by atoms with van der Waals surface area (Å²) in [6.07, 6.45) is 1.56. The summed E-state index contributed by atoms with van der Waals surface area (Å²) in [5.74, 6) is -2.30. The summed E-state index contributed by atoms with van der Waals surface area (Å²) in [4.78, 5) is 78.4. The van der Waals surface area contributed by atoms with E-state index >= 15 is 9.59 Å². The number of hydrogen-bond acceptors (Lipinski definition) is 13. The fourth-order valence-corrected chi connectivity index (χ4v) is 10.4. The van der Waals surface area contributed by atoms with Gasteiger partial charge in [0.05, 0.1) is 81.2 Å². The summed E-state index contributed by atoms with van der Waals surface area (Å²) in [7, 11) is 8.86. The maximum atomic E-state index is 15.7. The topological polar surface area (TPSA) is 200 Å². The fourth-order valence-electron chi connectivity index (χ4n) is 9.96. The van der Waals surface area contributed by atoms with Crippen LogP contribution in [0.25, 0.3) is 11.0 Å². The van der Waals surface area contributed by atoms with Gasteiger partial charge in [-0.15, -0.1) is 0 Å². The number of allylic oxidation sites excluding steroid dienone is 2. The number of hydrazine groups is 1. The highest BCUT2D eigenvalue weighted by atomic mass is 35.5. The van der Waals surface area contributed by atoms with Crippen LogP contribution < -0.4 is 46.0 Å². The second-order valence-electron chi connectivity index (χ2n) is 16.0. The van der Waals surface area contributed by atoms with Gasteiger partial charge < -0.3 is 33.4 Å². The first-order valence-corrected chi connectivity index (χ1v) is 21.4. The first-order chi connectivity index (χ1) is 31.7. The molecule has 2 fully saturated rings. The van der Waals surface area contributed by atoms with Crippen molar-refractivity contribution in [1.82, 2.24) is 28.5 Å². The Hall–Kier alpha value is -7.18. The average molecular weight is 941 g/mol. The van der Waals surface area contributed by atoms with Crippen molar-refractivity contribution < 1.29 is 38.4 Å². The number of benzene rings is 4. The third kappa shape index (κ3) is 6.60. The standard InChI is InChI=1S/C46H43Cl2N7O11/c1-51-34-22-36(64-4)35(63-3)21-32(34)49-31(42(51)58)14-15-52-44(60)53-16-13-27-33(55(53)45(52)61)20-28-41(57)54(50-30-12-9-24(47)17-29(30)48)43(59)46(28,23-7-10-26(62-2)11-8-23)40(27)39-37(65-5)18-25(56)19-38(39)66-6/h7-13,17-19,21-22,28,33,40,50,56H,14-16,20H2,1-6H3. The Labute approximate surface area is 385 Å². The predicted octanol–water partition coefficient (Wildman–Crippen LogP) is 4.98. The molecule has 2 amide bonds. The summed E-state index contributed by atoms with van der Waals surface area (Å²) < 4.78 is 33.3. The van der Waals surface area contributed by atoms with Gasteiger partial charge in [-0.1, -0.05) is 41.4 Å². The van der Waals surface area contributed by atoms with Gasteiger partial charge in [0.15, 0.2) is 11.5 Å². The van der Waals surface area contributed by atoms with Gasteiger partial charge in [-0.2, -0.15) is 5.01 Å². The molecule has 18 nitrogen and oxygen atoms in total. The molecular formula is C46H43Cl2N7O11. The number of anilines is 1. The number of nitrogens with zero attached hydrogens (tertiary/aromatic N) is 6. The number of hydrogen-bond donors (Lipinski definition) is 2. The number of aromatic hydroxyl groups is 1. The van der Waals surface area contributed by atoms with Crippen molar-refractivity contribution in [3.8, 4) is 34.5 Å². The summed E-state index contributed by atoms with van der Waals surface area (Å²) in [5.41, 5.74) is 1.86. The second kappa shape index (κ2) is 16.7. The Morgan fingerprint density at radius 1 is 0.818 bits per heavy atom. The van der Waals surface area contributed by atoms with E-state index in [1.54, 1.807) is 55.6 Å². The minimum Gasteiger partial charge on any atom is -0.508 e. The van der Waals surface area contributed by atoms with E-state index in [4.69, 9.17) is 46.9 Å². The van der Waals surface area contributed by atoms with Gasteiger partial charge in [-0.05, 0) is 47.9 Å². The smallest absolute Gasteiger partial charge is 0.347 e. The number of aryl methyl sites for hydroxylation is 2.